The van der Waals surface area contributed by atoms with Crippen LogP contribution in [0.4, 0.5) is 0 Å². The standard InChI is InChI=1S/C13H22N2OS/c1-4-15-13(6-7-17-3)11-8-12(16-5-2)10-14-9-11/h8-10,13,15H,4-7H2,1-3H3. The largest absolute Gasteiger partial charge is 0.492 e. The molecule has 0 amide bonds. The predicted octanol–water partition coefficient (Wildman–Crippen LogP) is 2.88. The summed E-state index contributed by atoms with van der Waals surface area (Å²) < 4.78 is 5.48. The first-order valence-electron chi connectivity index (χ1n) is 6.11. The zero-order chi connectivity index (χ0) is 12.5. The van der Waals surface area contributed by atoms with Crippen molar-refractivity contribution in [3.8, 4) is 5.75 Å². The highest BCUT2D eigenvalue weighted by Crippen LogP contribution is 2.21. The van der Waals surface area contributed by atoms with E-state index in [1.807, 2.05) is 24.9 Å². The molecule has 0 radical (unpaired) electrons. The number of ether oxygens (including phenoxy) is 1. The molecule has 0 bridgehead atoms. The summed E-state index contributed by atoms with van der Waals surface area (Å²) in [5, 5.41) is 3.49. The average molecular weight is 254 g/mol. The Hall–Kier alpha value is -0.740. The highest BCUT2D eigenvalue weighted by molar-refractivity contribution is 7.98. The minimum absolute atomic E-state index is 0.375. The number of rotatable bonds is 8. The number of thioether (sulfide) groups is 1. The van der Waals surface area contributed by atoms with Gasteiger partial charge in [0.15, 0.2) is 0 Å². The molecule has 1 heterocycles. The first kappa shape index (κ1) is 14.3. The molecule has 0 saturated carbocycles. The maximum Gasteiger partial charge on any atom is 0.137 e. The van der Waals surface area contributed by atoms with Gasteiger partial charge in [-0.05, 0) is 43.5 Å². The summed E-state index contributed by atoms with van der Waals surface area (Å²) in [6.45, 7) is 5.77. The zero-order valence-corrected chi connectivity index (χ0v) is 11.7. The van der Waals surface area contributed by atoms with E-state index in [-0.39, 0.29) is 0 Å². The molecule has 4 heteroatoms. The highest BCUT2D eigenvalue weighted by atomic mass is 32.2. The number of pyridine rings is 1. The Bertz CT molecular complexity index is 320. The lowest BCUT2D eigenvalue weighted by molar-refractivity contribution is 0.337. The van der Waals surface area contributed by atoms with Crippen LogP contribution in [0.1, 0.15) is 31.9 Å². The quantitative estimate of drug-likeness (QED) is 0.773. The maximum absolute atomic E-state index is 5.48. The van der Waals surface area contributed by atoms with Gasteiger partial charge in [-0.3, -0.25) is 4.98 Å². The van der Waals surface area contributed by atoms with Gasteiger partial charge in [-0.25, -0.2) is 0 Å². The van der Waals surface area contributed by atoms with Gasteiger partial charge in [-0.15, -0.1) is 0 Å². The van der Waals surface area contributed by atoms with Gasteiger partial charge in [-0.1, -0.05) is 6.92 Å². The van der Waals surface area contributed by atoms with Crippen molar-refractivity contribution in [1.82, 2.24) is 10.3 Å². The summed E-state index contributed by atoms with van der Waals surface area (Å²) in [5.41, 5.74) is 1.21. The lowest BCUT2D eigenvalue weighted by Crippen LogP contribution is -2.21. The van der Waals surface area contributed by atoms with E-state index >= 15 is 0 Å². The van der Waals surface area contributed by atoms with Gasteiger partial charge in [0.2, 0.25) is 0 Å². The summed E-state index contributed by atoms with van der Waals surface area (Å²) in [7, 11) is 0. The van der Waals surface area contributed by atoms with Crippen molar-refractivity contribution in [2.45, 2.75) is 26.3 Å². The Morgan fingerprint density at radius 2 is 2.24 bits per heavy atom. The minimum Gasteiger partial charge on any atom is -0.492 e. The second-order valence-corrected chi connectivity index (χ2v) is 4.76. The molecule has 1 rings (SSSR count). The van der Waals surface area contributed by atoms with E-state index in [9.17, 15) is 0 Å². The fraction of sp³-hybridized carbons (Fsp3) is 0.615. The summed E-state index contributed by atoms with van der Waals surface area (Å²) in [6, 6.07) is 2.46. The van der Waals surface area contributed by atoms with Crippen molar-refractivity contribution >= 4 is 11.8 Å². The Morgan fingerprint density at radius 1 is 1.41 bits per heavy atom. The molecule has 0 saturated heterocycles. The van der Waals surface area contributed by atoms with Crippen LogP contribution in [0.15, 0.2) is 18.5 Å². The predicted molar refractivity (Wildman–Crippen MR) is 74.8 cm³/mol. The van der Waals surface area contributed by atoms with Crippen LogP contribution in [-0.2, 0) is 0 Å². The zero-order valence-electron chi connectivity index (χ0n) is 10.9. The lowest BCUT2D eigenvalue weighted by atomic mass is 10.1. The maximum atomic E-state index is 5.48. The number of nitrogens with zero attached hydrogens (tertiary/aromatic N) is 1. The van der Waals surface area contributed by atoms with Crippen molar-refractivity contribution in [3.05, 3.63) is 24.0 Å². The molecule has 3 nitrogen and oxygen atoms in total. The average Bonchev–Trinajstić information content (AvgIpc) is 2.35. The summed E-state index contributed by atoms with van der Waals surface area (Å²) in [5.74, 6) is 2.01. The van der Waals surface area contributed by atoms with E-state index in [0.717, 1.165) is 24.5 Å². The monoisotopic (exact) mass is 254 g/mol. The van der Waals surface area contributed by atoms with Gasteiger partial charge in [0, 0.05) is 12.2 Å². The van der Waals surface area contributed by atoms with E-state index in [1.54, 1.807) is 6.20 Å². The Balaban J connectivity index is 2.73. The van der Waals surface area contributed by atoms with Crippen molar-refractivity contribution < 1.29 is 4.74 Å². The highest BCUT2D eigenvalue weighted by Gasteiger charge is 2.11. The third-order valence-electron chi connectivity index (χ3n) is 2.51. The van der Waals surface area contributed by atoms with Gasteiger partial charge in [0.25, 0.3) is 0 Å². The van der Waals surface area contributed by atoms with Crippen molar-refractivity contribution in [2.24, 2.45) is 0 Å². The third kappa shape index (κ3) is 4.96. The van der Waals surface area contributed by atoms with Crippen LogP contribution in [0.5, 0.6) is 5.75 Å². The molecule has 1 atom stereocenters. The molecule has 0 aliphatic heterocycles. The molecule has 1 aromatic heterocycles. The van der Waals surface area contributed by atoms with Gasteiger partial charge in [0.05, 0.1) is 12.8 Å². The van der Waals surface area contributed by atoms with Crippen LogP contribution < -0.4 is 10.1 Å². The fourth-order valence-electron chi connectivity index (χ4n) is 1.74. The van der Waals surface area contributed by atoms with Crippen LogP contribution in [0.3, 0.4) is 0 Å². The molecule has 96 valence electrons. The fourth-order valence-corrected chi connectivity index (χ4v) is 2.21. The summed E-state index contributed by atoms with van der Waals surface area (Å²) >= 11 is 1.87. The lowest BCUT2D eigenvalue weighted by Gasteiger charge is -2.18. The van der Waals surface area contributed by atoms with Gasteiger partial charge in [-0.2, -0.15) is 11.8 Å². The Labute approximate surface area is 108 Å². The van der Waals surface area contributed by atoms with Crippen LogP contribution in [0.25, 0.3) is 0 Å². The summed E-state index contributed by atoms with van der Waals surface area (Å²) in [4.78, 5) is 4.24. The molecule has 17 heavy (non-hydrogen) atoms. The molecular weight excluding hydrogens is 232 g/mol. The topological polar surface area (TPSA) is 34.2 Å². The van der Waals surface area contributed by atoms with Crippen LogP contribution >= 0.6 is 11.8 Å². The molecule has 1 aromatic rings. The number of hydrogen-bond donors (Lipinski definition) is 1. The first-order valence-corrected chi connectivity index (χ1v) is 7.51. The first-order chi connectivity index (χ1) is 8.31. The summed E-state index contributed by atoms with van der Waals surface area (Å²) in [6.07, 6.45) is 6.95. The van der Waals surface area contributed by atoms with Crippen LogP contribution in [-0.4, -0.2) is 30.1 Å². The molecule has 1 N–H and O–H groups in total. The Kier molecular flexibility index (Phi) is 7.05. The number of nitrogens with one attached hydrogen (secondary N) is 1. The number of aromatic nitrogens is 1. The Morgan fingerprint density at radius 3 is 2.88 bits per heavy atom. The van der Waals surface area contributed by atoms with Crippen molar-refractivity contribution in [3.63, 3.8) is 0 Å². The van der Waals surface area contributed by atoms with Crippen molar-refractivity contribution in [2.75, 3.05) is 25.2 Å². The second kappa shape index (κ2) is 8.37. The molecule has 0 spiro atoms. The van der Waals surface area contributed by atoms with Crippen LogP contribution in [0.2, 0.25) is 0 Å². The van der Waals surface area contributed by atoms with Crippen molar-refractivity contribution in [1.29, 1.82) is 0 Å². The molecule has 0 aliphatic rings. The normalized spacial score (nSPS) is 12.4. The van der Waals surface area contributed by atoms with Gasteiger partial charge >= 0.3 is 0 Å². The SMILES string of the molecule is CCNC(CCSC)c1cncc(OCC)c1. The molecule has 1 unspecified atom stereocenters. The molecular formula is C13H22N2OS. The molecule has 0 aromatic carbocycles. The van der Waals surface area contributed by atoms with E-state index in [0.29, 0.717) is 12.6 Å². The smallest absolute Gasteiger partial charge is 0.137 e. The van der Waals surface area contributed by atoms with E-state index < -0.39 is 0 Å². The van der Waals surface area contributed by atoms with Crippen LogP contribution in [0, 0.1) is 0 Å². The number of hydrogen-bond acceptors (Lipinski definition) is 4. The molecule has 0 fully saturated rings. The second-order valence-electron chi connectivity index (χ2n) is 3.78. The van der Waals surface area contributed by atoms with Gasteiger partial charge in [0.1, 0.15) is 5.75 Å². The van der Waals surface area contributed by atoms with E-state index in [2.05, 4.69) is 29.5 Å². The minimum atomic E-state index is 0.375. The van der Waals surface area contributed by atoms with Gasteiger partial charge < -0.3 is 10.1 Å². The third-order valence-corrected chi connectivity index (χ3v) is 3.15. The molecule has 0 aliphatic carbocycles. The van der Waals surface area contributed by atoms with E-state index in [1.165, 1.54) is 5.56 Å². The van der Waals surface area contributed by atoms with E-state index in [4.69, 9.17) is 4.74 Å².